The first-order valence-corrected chi connectivity index (χ1v) is 13.2. The van der Waals surface area contributed by atoms with Crippen LogP contribution in [0.5, 0.6) is 11.5 Å². The first-order valence-electron chi connectivity index (χ1n) is 13.2. The molecular weight excluding hydrogens is 502 g/mol. The van der Waals surface area contributed by atoms with Crippen LogP contribution < -0.4 is 9.47 Å². The minimum absolute atomic E-state index is 0.0713. The van der Waals surface area contributed by atoms with Gasteiger partial charge in [-0.1, -0.05) is 45.0 Å². The van der Waals surface area contributed by atoms with Gasteiger partial charge in [-0.2, -0.15) is 0 Å². The van der Waals surface area contributed by atoms with Crippen LogP contribution in [-0.4, -0.2) is 25.3 Å². The van der Waals surface area contributed by atoms with Crippen molar-refractivity contribution in [1.82, 2.24) is 0 Å². The van der Waals surface area contributed by atoms with Crippen molar-refractivity contribution in [2.75, 3.05) is 14.2 Å². The molecule has 208 valence electrons. The lowest BCUT2D eigenvalue weighted by atomic mass is 9.81. The first-order chi connectivity index (χ1) is 18.5. The average molecular weight is 539 g/mol. The number of methoxy groups -OCH3 is 2. The lowest BCUT2D eigenvalue weighted by Gasteiger charge is -2.32. The molecule has 4 rings (SSSR count). The molecule has 0 bridgehead atoms. The highest BCUT2D eigenvalue weighted by atomic mass is 19.1. The van der Waals surface area contributed by atoms with E-state index in [0.29, 0.717) is 22.4 Å². The van der Waals surface area contributed by atoms with E-state index in [0.717, 1.165) is 24.0 Å². The Morgan fingerprint density at radius 3 is 2.36 bits per heavy atom. The largest absolute Gasteiger partial charge is 0.497 e. The summed E-state index contributed by atoms with van der Waals surface area (Å²) in [6.45, 7) is 6.21. The highest BCUT2D eigenvalue weighted by molar-refractivity contribution is 5.71. The van der Waals surface area contributed by atoms with Crippen molar-refractivity contribution in [3.8, 4) is 22.6 Å². The van der Waals surface area contributed by atoms with Gasteiger partial charge in [-0.3, -0.25) is 4.79 Å². The molecule has 1 fully saturated rings. The Labute approximate surface area is 228 Å². The molecular formula is C32H36F2O5. The summed E-state index contributed by atoms with van der Waals surface area (Å²) in [6, 6.07) is 15.1. The van der Waals surface area contributed by atoms with E-state index in [2.05, 4.69) is 0 Å². The monoisotopic (exact) mass is 538 g/mol. The van der Waals surface area contributed by atoms with Crippen molar-refractivity contribution in [3.05, 3.63) is 82.9 Å². The van der Waals surface area contributed by atoms with E-state index in [1.807, 2.05) is 39.0 Å². The third kappa shape index (κ3) is 6.59. The fourth-order valence-corrected chi connectivity index (χ4v) is 5.25. The Balaban J connectivity index is 1.67. The third-order valence-electron chi connectivity index (χ3n) is 7.26. The van der Waals surface area contributed by atoms with Crippen LogP contribution in [0.1, 0.15) is 68.7 Å². The van der Waals surface area contributed by atoms with Gasteiger partial charge in [0, 0.05) is 18.6 Å². The summed E-state index contributed by atoms with van der Waals surface area (Å²) in [4.78, 5) is 11.4. The topological polar surface area (TPSA) is 65.0 Å². The van der Waals surface area contributed by atoms with Crippen molar-refractivity contribution in [2.45, 2.75) is 58.7 Å². The Morgan fingerprint density at radius 1 is 1.00 bits per heavy atom. The summed E-state index contributed by atoms with van der Waals surface area (Å²) in [5.74, 6) is -1.41. The van der Waals surface area contributed by atoms with Crippen LogP contribution in [0.3, 0.4) is 0 Å². The SMILES string of the molecule is COc1ccc(F)c(-c2ccc(COc3cccc([C@@H](CC(=O)O)C4CC4)c3F)cc2[C@H](OC)C(C)(C)C)c1. The molecule has 0 aromatic heterocycles. The fourth-order valence-electron chi connectivity index (χ4n) is 5.25. The van der Waals surface area contributed by atoms with Crippen LogP contribution >= 0.6 is 0 Å². The summed E-state index contributed by atoms with van der Waals surface area (Å²) in [6.07, 6.45) is 1.33. The van der Waals surface area contributed by atoms with Crippen molar-refractivity contribution in [2.24, 2.45) is 11.3 Å². The number of halogens is 2. The molecule has 7 heteroatoms. The second kappa shape index (κ2) is 11.7. The maximum atomic E-state index is 15.5. The Hall–Kier alpha value is -3.45. The lowest BCUT2D eigenvalue weighted by molar-refractivity contribution is -0.137. The van der Waals surface area contributed by atoms with Crippen molar-refractivity contribution in [1.29, 1.82) is 0 Å². The van der Waals surface area contributed by atoms with Crippen LogP contribution in [-0.2, 0) is 16.1 Å². The second-order valence-corrected chi connectivity index (χ2v) is 11.2. The zero-order chi connectivity index (χ0) is 28.3. The highest BCUT2D eigenvalue weighted by Crippen LogP contribution is 2.46. The predicted octanol–water partition coefficient (Wildman–Crippen LogP) is 7.92. The maximum absolute atomic E-state index is 15.5. The van der Waals surface area contributed by atoms with Gasteiger partial charge in [-0.15, -0.1) is 0 Å². The molecule has 0 saturated heterocycles. The molecule has 39 heavy (non-hydrogen) atoms. The van der Waals surface area contributed by atoms with E-state index in [1.54, 1.807) is 37.4 Å². The number of aliphatic carboxylic acids is 1. The van der Waals surface area contributed by atoms with Crippen LogP contribution in [0.15, 0.2) is 54.6 Å². The molecule has 3 aromatic rings. The summed E-state index contributed by atoms with van der Waals surface area (Å²) >= 11 is 0. The number of hydrogen-bond donors (Lipinski definition) is 1. The van der Waals surface area contributed by atoms with Gasteiger partial charge in [0.2, 0.25) is 0 Å². The minimum atomic E-state index is -0.941. The van der Waals surface area contributed by atoms with Crippen molar-refractivity contribution in [3.63, 3.8) is 0 Å². The molecule has 1 N–H and O–H groups in total. The molecule has 0 amide bonds. The van der Waals surface area contributed by atoms with E-state index in [1.165, 1.54) is 13.2 Å². The number of benzene rings is 3. The molecule has 1 aliphatic carbocycles. The molecule has 3 aromatic carbocycles. The third-order valence-corrected chi connectivity index (χ3v) is 7.26. The molecule has 0 radical (unpaired) electrons. The van der Waals surface area contributed by atoms with Crippen LogP contribution in [0.4, 0.5) is 8.78 Å². The Bertz CT molecular complexity index is 1330. The average Bonchev–Trinajstić information content (AvgIpc) is 3.72. The molecule has 0 heterocycles. The van der Waals surface area contributed by atoms with Crippen molar-refractivity contribution >= 4 is 5.97 Å². The first kappa shape index (κ1) is 28.6. The number of rotatable bonds is 11. The number of carbonyl (C=O) groups is 1. The maximum Gasteiger partial charge on any atom is 0.303 e. The summed E-state index contributed by atoms with van der Waals surface area (Å²) in [7, 11) is 3.16. The van der Waals surface area contributed by atoms with Crippen molar-refractivity contribution < 1.29 is 32.9 Å². The standard InChI is InChI=1S/C32H36F2O5/c1-32(2,3)31(38-5)26-15-19(9-13-22(26)25-16-21(37-4)12-14-27(25)33)18-39-28-8-6-7-23(30(28)34)24(17-29(35)36)20-10-11-20/h6-9,12-16,20,24,31H,10-11,17-18H2,1-5H3,(H,35,36)/t24-,31-/m0/s1. The molecule has 1 aliphatic rings. The van der Waals surface area contributed by atoms with E-state index >= 15 is 4.39 Å². The van der Waals surface area contributed by atoms with E-state index in [4.69, 9.17) is 14.2 Å². The van der Waals surface area contributed by atoms with E-state index in [-0.39, 0.29) is 47.9 Å². The van der Waals surface area contributed by atoms with Crippen LogP contribution in [0.2, 0.25) is 0 Å². The van der Waals surface area contributed by atoms with Gasteiger partial charge in [0.1, 0.15) is 18.2 Å². The van der Waals surface area contributed by atoms with Gasteiger partial charge in [0.05, 0.1) is 19.6 Å². The summed E-state index contributed by atoms with van der Waals surface area (Å²) in [5, 5.41) is 9.34. The molecule has 0 aliphatic heterocycles. The van der Waals surface area contributed by atoms with Crippen LogP contribution in [0, 0.1) is 23.0 Å². The molecule has 2 atom stereocenters. The molecule has 0 unspecified atom stereocenters. The van der Waals surface area contributed by atoms with Gasteiger partial charge in [-0.05, 0) is 76.8 Å². The summed E-state index contributed by atoms with van der Waals surface area (Å²) < 4.78 is 47.6. The van der Waals surface area contributed by atoms with Gasteiger partial charge < -0.3 is 19.3 Å². The molecule has 5 nitrogen and oxygen atoms in total. The van der Waals surface area contributed by atoms with E-state index < -0.39 is 11.8 Å². The molecule has 0 spiro atoms. The van der Waals surface area contributed by atoms with E-state index in [9.17, 15) is 14.3 Å². The number of carboxylic acids is 1. The zero-order valence-electron chi connectivity index (χ0n) is 23.1. The highest BCUT2D eigenvalue weighted by Gasteiger charge is 2.36. The van der Waals surface area contributed by atoms with Gasteiger partial charge >= 0.3 is 5.97 Å². The number of ether oxygens (including phenoxy) is 3. The van der Waals surface area contributed by atoms with Gasteiger partial charge in [-0.25, -0.2) is 8.78 Å². The Morgan fingerprint density at radius 2 is 1.74 bits per heavy atom. The Kier molecular flexibility index (Phi) is 8.60. The second-order valence-electron chi connectivity index (χ2n) is 11.2. The number of hydrogen-bond acceptors (Lipinski definition) is 4. The molecule has 1 saturated carbocycles. The quantitative estimate of drug-likeness (QED) is 0.269. The zero-order valence-corrected chi connectivity index (χ0v) is 23.1. The van der Waals surface area contributed by atoms with Gasteiger partial charge in [0.25, 0.3) is 0 Å². The smallest absolute Gasteiger partial charge is 0.303 e. The minimum Gasteiger partial charge on any atom is -0.497 e. The van der Waals surface area contributed by atoms with Crippen LogP contribution in [0.25, 0.3) is 11.1 Å². The summed E-state index contributed by atoms with van der Waals surface area (Å²) in [5.41, 5.74) is 2.69. The fraction of sp³-hybridized carbons (Fsp3) is 0.406. The normalized spacial score (nSPS) is 15.1. The predicted molar refractivity (Wildman–Crippen MR) is 146 cm³/mol. The number of carboxylic acid groups (broad SMARTS) is 1. The van der Waals surface area contributed by atoms with Gasteiger partial charge in [0.15, 0.2) is 11.6 Å². The lowest BCUT2D eigenvalue weighted by Crippen LogP contribution is -2.21.